The van der Waals surface area contributed by atoms with Crippen LogP contribution in [0.2, 0.25) is 5.02 Å². The molecule has 1 heterocycles. The third kappa shape index (κ3) is 3.91. The van der Waals surface area contributed by atoms with Crippen LogP contribution in [0.4, 0.5) is 5.69 Å². The number of hydrogen-bond acceptors (Lipinski definition) is 2. The molecule has 136 valence electrons. The van der Waals surface area contributed by atoms with Crippen molar-refractivity contribution in [3.8, 4) is 0 Å². The van der Waals surface area contributed by atoms with Gasteiger partial charge in [-0.05, 0) is 44.0 Å². The topological polar surface area (TPSA) is 40.6 Å². The summed E-state index contributed by atoms with van der Waals surface area (Å²) >= 11 is 6.30. The SMILES string of the molecule is CC(C)N(Cc1ccccc1)C(=O)c1ccc(Cl)c(N2CCCC2=O)c1. The maximum atomic E-state index is 13.1. The van der Waals surface area contributed by atoms with E-state index in [0.717, 1.165) is 12.0 Å². The Balaban J connectivity index is 1.88. The summed E-state index contributed by atoms with van der Waals surface area (Å²) in [4.78, 5) is 28.7. The fraction of sp³-hybridized carbons (Fsp3) is 0.333. The molecule has 0 radical (unpaired) electrons. The van der Waals surface area contributed by atoms with Crippen LogP contribution in [0.3, 0.4) is 0 Å². The minimum atomic E-state index is -0.0617. The summed E-state index contributed by atoms with van der Waals surface area (Å²) in [6.45, 7) is 5.19. The molecule has 0 spiro atoms. The highest BCUT2D eigenvalue weighted by Gasteiger charge is 2.26. The van der Waals surface area contributed by atoms with E-state index in [9.17, 15) is 9.59 Å². The van der Waals surface area contributed by atoms with Gasteiger partial charge in [-0.25, -0.2) is 0 Å². The molecule has 1 aliphatic rings. The van der Waals surface area contributed by atoms with E-state index in [0.29, 0.717) is 35.8 Å². The molecular weight excluding hydrogens is 348 g/mol. The molecule has 3 rings (SSSR count). The van der Waals surface area contributed by atoms with Gasteiger partial charge < -0.3 is 9.80 Å². The third-order valence-corrected chi connectivity index (χ3v) is 4.96. The molecule has 0 atom stereocenters. The van der Waals surface area contributed by atoms with Crippen molar-refractivity contribution in [1.29, 1.82) is 0 Å². The fourth-order valence-corrected chi connectivity index (χ4v) is 3.41. The first-order valence-corrected chi connectivity index (χ1v) is 9.30. The summed E-state index contributed by atoms with van der Waals surface area (Å²) in [6, 6.07) is 15.2. The van der Waals surface area contributed by atoms with Crippen molar-refractivity contribution in [2.75, 3.05) is 11.4 Å². The van der Waals surface area contributed by atoms with E-state index >= 15 is 0 Å². The smallest absolute Gasteiger partial charge is 0.254 e. The number of carbonyl (C=O) groups is 2. The predicted octanol–water partition coefficient (Wildman–Crippen LogP) is 4.52. The minimum absolute atomic E-state index is 0.0512. The maximum Gasteiger partial charge on any atom is 0.254 e. The van der Waals surface area contributed by atoms with Gasteiger partial charge in [0.15, 0.2) is 0 Å². The molecule has 0 aromatic heterocycles. The Bertz CT molecular complexity index is 805. The molecule has 2 aromatic carbocycles. The summed E-state index contributed by atoms with van der Waals surface area (Å²) in [5.41, 5.74) is 2.26. The number of hydrogen-bond donors (Lipinski definition) is 0. The molecule has 1 fully saturated rings. The van der Waals surface area contributed by atoms with Crippen LogP contribution in [0.5, 0.6) is 0 Å². The molecule has 0 unspecified atom stereocenters. The number of carbonyl (C=O) groups excluding carboxylic acids is 2. The number of benzene rings is 2. The molecule has 2 amide bonds. The van der Waals surface area contributed by atoms with Crippen LogP contribution in [-0.2, 0) is 11.3 Å². The van der Waals surface area contributed by atoms with Crippen molar-refractivity contribution in [2.45, 2.75) is 39.3 Å². The van der Waals surface area contributed by atoms with Crippen molar-refractivity contribution in [3.05, 3.63) is 64.7 Å². The first kappa shape index (κ1) is 18.5. The van der Waals surface area contributed by atoms with Gasteiger partial charge in [0.05, 0.1) is 10.7 Å². The lowest BCUT2D eigenvalue weighted by Crippen LogP contribution is -2.36. The fourth-order valence-electron chi connectivity index (χ4n) is 3.19. The lowest BCUT2D eigenvalue weighted by atomic mass is 10.1. The van der Waals surface area contributed by atoms with E-state index in [4.69, 9.17) is 11.6 Å². The maximum absolute atomic E-state index is 13.1. The van der Waals surface area contributed by atoms with E-state index in [-0.39, 0.29) is 17.9 Å². The predicted molar refractivity (Wildman–Crippen MR) is 104 cm³/mol. The highest BCUT2D eigenvalue weighted by atomic mass is 35.5. The second kappa shape index (κ2) is 7.92. The van der Waals surface area contributed by atoms with E-state index in [1.807, 2.05) is 49.1 Å². The quantitative estimate of drug-likeness (QED) is 0.776. The van der Waals surface area contributed by atoms with Crippen LogP contribution in [0.25, 0.3) is 0 Å². The Kier molecular flexibility index (Phi) is 5.62. The minimum Gasteiger partial charge on any atom is -0.332 e. The van der Waals surface area contributed by atoms with Crippen molar-refractivity contribution in [3.63, 3.8) is 0 Å². The molecule has 0 aliphatic carbocycles. The number of nitrogens with zero attached hydrogens (tertiary/aromatic N) is 2. The zero-order chi connectivity index (χ0) is 18.7. The van der Waals surface area contributed by atoms with Gasteiger partial charge >= 0.3 is 0 Å². The Labute approximate surface area is 159 Å². The standard InChI is InChI=1S/C21H23ClN2O2/c1-15(2)24(14-16-7-4-3-5-8-16)21(26)17-10-11-18(22)19(13-17)23-12-6-9-20(23)25/h3-5,7-8,10-11,13,15H,6,9,12,14H2,1-2H3. The van der Waals surface area contributed by atoms with Crippen LogP contribution >= 0.6 is 11.6 Å². The number of amides is 2. The van der Waals surface area contributed by atoms with E-state index in [1.54, 1.807) is 23.1 Å². The number of rotatable bonds is 5. The van der Waals surface area contributed by atoms with Gasteiger partial charge in [0, 0.05) is 31.1 Å². The second-order valence-corrected chi connectivity index (χ2v) is 7.23. The average molecular weight is 371 g/mol. The molecule has 0 N–H and O–H groups in total. The normalized spacial score (nSPS) is 14.2. The summed E-state index contributed by atoms with van der Waals surface area (Å²) in [6.07, 6.45) is 1.35. The molecule has 4 nitrogen and oxygen atoms in total. The first-order chi connectivity index (χ1) is 12.5. The van der Waals surface area contributed by atoms with Crippen LogP contribution in [0.15, 0.2) is 48.5 Å². The molecule has 1 aliphatic heterocycles. The van der Waals surface area contributed by atoms with Gasteiger partial charge in [0.2, 0.25) is 5.91 Å². The summed E-state index contributed by atoms with van der Waals surface area (Å²) in [5, 5.41) is 0.496. The van der Waals surface area contributed by atoms with Crippen LogP contribution in [0, 0.1) is 0 Å². The van der Waals surface area contributed by atoms with Gasteiger partial charge in [-0.15, -0.1) is 0 Å². The number of halogens is 1. The lowest BCUT2D eigenvalue weighted by Gasteiger charge is -2.28. The molecule has 2 aromatic rings. The van der Waals surface area contributed by atoms with Crippen LogP contribution < -0.4 is 4.90 Å². The van der Waals surface area contributed by atoms with Gasteiger partial charge in [0.25, 0.3) is 5.91 Å². The average Bonchev–Trinajstić information content (AvgIpc) is 3.06. The van der Waals surface area contributed by atoms with E-state index < -0.39 is 0 Å². The lowest BCUT2D eigenvalue weighted by molar-refractivity contribution is -0.117. The Morgan fingerprint density at radius 2 is 1.92 bits per heavy atom. The van der Waals surface area contributed by atoms with Crippen LogP contribution in [-0.4, -0.2) is 29.3 Å². The molecule has 1 saturated heterocycles. The highest BCUT2D eigenvalue weighted by molar-refractivity contribution is 6.34. The number of anilines is 1. The molecule has 26 heavy (non-hydrogen) atoms. The zero-order valence-corrected chi connectivity index (χ0v) is 15.9. The van der Waals surface area contributed by atoms with Gasteiger partial charge in [-0.2, -0.15) is 0 Å². The largest absolute Gasteiger partial charge is 0.332 e. The molecule has 5 heteroatoms. The van der Waals surface area contributed by atoms with Crippen LogP contribution in [0.1, 0.15) is 42.6 Å². The van der Waals surface area contributed by atoms with Crippen molar-refractivity contribution >= 4 is 29.1 Å². The van der Waals surface area contributed by atoms with Crippen molar-refractivity contribution in [1.82, 2.24) is 4.90 Å². The van der Waals surface area contributed by atoms with Gasteiger partial charge in [-0.1, -0.05) is 41.9 Å². The van der Waals surface area contributed by atoms with E-state index in [1.165, 1.54) is 0 Å². The van der Waals surface area contributed by atoms with E-state index in [2.05, 4.69) is 0 Å². The first-order valence-electron chi connectivity index (χ1n) is 8.92. The van der Waals surface area contributed by atoms with Crippen molar-refractivity contribution in [2.24, 2.45) is 0 Å². The summed E-state index contributed by atoms with van der Waals surface area (Å²) in [7, 11) is 0. The van der Waals surface area contributed by atoms with Crippen molar-refractivity contribution < 1.29 is 9.59 Å². The summed E-state index contributed by atoms with van der Waals surface area (Å²) in [5.74, 6) is -0.00471. The molecule has 0 saturated carbocycles. The Morgan fingerprint density at radius 1 is 1.19 bits per heavy atom. The second-order valence-electron chi connectivity index (χ2n) is 6.83. The van der Waals surface area contributed by atoms with Gasteiger partial charge in [0.1, 0.15) is 0 Å². The zero-order valence-electron chi connectivity index (χ0n) is 15.1. The third-order valence-electron chi connectivity index (χ3n) is 4.64. The molecular formula is C21H23ClN2O2. The monoisotopic (exact) mass is 370 g/mol. The summed E-state index contributed by atoms with van der Waals surface area (Å²) < 4.78 is 0. The molecule has 0 bridgehead atoms. The Morgan fingerprint density at radius 3 is 2.54 bits per heavy atom. The van der Waals surface area contributed by atoms with Gasteiger partial charge in [-0.3, -0.25) is 9.59 Å². The highest BCUT2D eigenvalue weighted by Crippen LogP contribution is 2.31. The Hall–Kier alpha value is -2.33.